The number of nitrogens with zero attached hydrogens (tertiary/aromatic N) is 7. The average molecular weight is 1110 g/mol. The van der Waals surface area contributed by atoms with Gasteiger partial charge in [-0.3, -0.25) is 24.0 Å². The highest BCUT2D eigenvalue weighted by Gasteiger charge is 2.49. The predicted octanol–water partition coefficient (Wildman–Crippen LogP) is 5.20. The Kier molecular flexibility index (Phi) is 18.6. The number of methoxy groups -OCH3 is 1. The van der Waals surface area contributed by atoms with Crippen LogP contribution in [0, 0.1) is 18.2 Å². The average Bonchev–Trinajstić information content (AvgIpc) is 4.20. The molecule has 422 valence electrons. The third-order valence-corrected chi connectivity index (χ3v) is 15.7. The van der Waals surface area contributed by atoms with E-state index in [2.05, 4.69) is 41.1 Å². The first-order chi connectivity index (χ1) is 37.2. The number of hydrogen-bond acceptors (Lipinski definition) is 16. The molecule has 5 amide bonds. The molecular weight excluding hydrogens is 1040 g/mol. The van der Waals surface area contributed by atoms with Gasteiger partial charge in [0.15, 0.2) is 5.82 Å². The number of halogens is 3. The number of anilines is 4. The number of aliphatic hydroxyl groups is 1. The van der Waals surface area contributed by atoms with Crippen LogP contribution in [0.15, 0.2) is 48.1 Å². The molecule has 2 aromatic heterocycles. The fourth-order valence-electron chi connectivity index (χ4n) is 10.3. The molecule has 0 spiro atoms. The number of aromatic nitrogens is 3. The highest BCUT2D eigenvalue weighted by atomic mass is 32.1. The summed E-state index contributed by atoms with van der Waals surface area (Å²) in [5.41, 5.74) is 3.91. The number of amides is 5. The fraction of sp³-hybridized carbons (Fsp3) is 0.556. The summed E-state index contributed by atoms with van der Waals surface area (Å²) < 4.78 is 62.8. The number of fused-ring (bicyclic) bond motifs is 1. The minimum atomic E-state index is -3.65. The van der Waals surface area contributed by atoms with E-state index in [0.29, 0.717) is 51.9 Å². The van der Waals surface area contributed by atoms with Gasteiger partial charge in [-0.1, -0.05) is 57.9 Å². The van der Waals surface area contributed by atoms with Crippen molar-refractivity contribution in [2.24, 2.45) is 5.41 Å². The lowest BCUT2D eigenvalue weighted by Crippen LogP contribution is -2.58. The number of β-amino-alcohol motifs (C(OH)–C–C–N with tert-alkyl or cyclic N) is 1. The number of carbonyl (C=O) groups excluding carboxylic acids is 5. The molecule has 5 heterocycles. The van der Waals surface area contributed by atoms with Gasteiger partial charge in [0, 0.05) is 64.3 Å². The first-order valence-electron chi connectivity index (χ1n) is 26.4. The van der Waals surface area contributed by atoms with Gasteiger partial charge < -0.3 is 60.2 Å². The van der Waals surface area contributed by atoms with Crippen LogP contribution < -0.4 is 35.8 Å². The standard InChI is InChI=1S/C54H70F3N11O9S/c1-32-45(78-31-60-32)34-13-11-33(12-14-34)26-58-49(72)41-23-37(69)28-67(41)50(73)46(53(2,3)4)63-44(70)29-77-22-21-76-20-19-66-17-15-35(16-18-66)61-48(71)38-24-43(75-6)40(25-39(38)55)62-52-59-27-42-47(64-52)68(36-9-7-8-10-36)30-54(56,57)51(74)65(42)5/h11-14,24-25,27,31,35-37,41,46,69H,7-10,15-23,26,28-30H2,1-6H3,(H,58,72)(H,61,71)(H,63,70)(H,59,62,64)/t37?,41?,46-/m1/s1. The lowest BCUT2D eigenvalue weighted by molar-refractivity contribution is -0.144. The number of likely N-dealkylation sites (tertiary alicyclic amines) is 2. The van der Waals surface area contributed by atoms with Crippen LogP contribution in [0.25, 0.3) is 10.4 Å². The number of benzene rings is 2. The van der Waals surface area contributed by atoms with Crippen LogP contribution in [0.1, 0.15) is 87.3 Å². The van der Waals surface area contributed by atoms with E-state index in [1.807, 2.05) is 52.0 Å². The second-order valence-electron chi connectivity index (χ2n) is 21.4. The van der Waals surface area contributed by atoms with E-state index in [-0.39, 0.29) is 85.9 Å². The van der Waals surface area contributed by atoms with Crippen LogP contribution >= 0.6 is 11.3 Å². The number of hydrogen-bond donors (Lipinski definition) is 5. The van der Waals surface area contributed by atoms with Crippen molar-refractivity contribution in [1.82, 2.24) is 40.7 Å². The number of aryl methyl sites for hydroxylation is 1. The van der Waals surface area contributed by atoms with E-state index in [0.717, 1.165) is 45.5 Å². The smallest absolute Gasteiger partial charge is 0.342 e. The Labute approximate surface area is 455 Å². The SMILES string of the molecule is COc1cc(C(=O)NC2CCN(CCOCCOCC(=O)N[C@H](C(=O)N3CC(O)CC3C(=O)NCc3ccc(-c4scnc4C)cc3)C(C)(C)C)CC2)c(F)cc1Nc1ncc2c(n1)N(C1CCCC1)CC(F)(F)C(=O)N2C. The Balaban J connectivity index is 0.737. The Morgan fingerprint density at radius 2 is 1.71 bits per heavy atom. The summed E-state index contributed by atoms with van der Waals surface area (Å²) in [7, 11) is 2.62. The van der Waals surface area contributed by atoms with Crippen molar-refractivity contribution in [3.05, 3.63) is 70.7 Å². The molecule has 0 radical (unpaired) electrons. The quantitative estimate of drug-likeness (QED) is 0.0717. The number of piperidine rings is 1. The Hall–Kier alpha value is -6.47. The van der Waals surface area contributed by atoms with Crippen molar-refractivity contribution in [2.75, 3.05) is 88.4 Å². The summed E-state index contributed by atoms with van der Waals surface area (Å²) in [6.07, 6.45) is 4.73. The summed E-state index contributed by atoms with van der Waals surface area (Å²) >= 11 is 1.56. The van der Waals surface area contributed by atoms with Crippen molar-refractivity contribution in [1.29, 1.82) is 0 Å². The van der Waals surface area contributed by atoms with Gasteiger partial charge in [-0.05, 0) is 55.2 Å². The maximum atomic E-state index is 15.7. The first kappa shape index (κ1) is 57.7. The lowest BCUT2D eigenvalue weighted by Gasteiger charge is -2.35. The topological polar surface area (TPSA) is 233 Å². The molecule has 4 aromatic rings. The van der Waals surface area contributed by atoms with Gasteiger partial charge in [0.05, 0.1) is 73.1 Å². The second-order valence-corrected chi connectivity index (χ2v) is 22.2. The molecule has 3 aliphatic heterocycles. The molecule has 0 bridgehead atoms. The number of rotatable bonds is 20. The molecule has 4 aliphatic rings. The monoisotopic (exact) mass is 1110 g/mol. The molecule has 2 saturated heterocycles. The third-order valence-electron chi connectivity index (χ3n) is 14.7. The molecule has 2 aromatic carbocycles. The summed E-state index contributed by atoms with van der Waals surface area (Å²) in [6, 6.07) is 7.78. The number of thiazole rings is 1. The molecule has 3 fully saturated rings. The number of ether oxygens (including phenoxy) is 3. The molecule has 5 N–H and O–H groups in total. The number of carbonyl (C=O) groups is 5. The van der Waals surface area contributed by atoms with Crippen LogP contribution in [0.3, 0.4) is 0 Å². The van der Waals surface area contributed by atoms with Crippen molar-refractivity contribution < 1.29 is 56.5 Å². The molecule has 1 aliphatic carbocycles. The first-order valence-corrected chi connectivity index (χ1v) is 27.3. The molecule has 78 heavy (non-hydrogen) atoms. The highest BCUT2D eigenvalue weighted by molar-refractivity contribution is 7.13. The van der Waals surface area contributed by atoms with Crippen LogP contribution in [-0.2, 0) is 35.2 Å². The number of alkyl halides is 2. The predicted molar refractivity (Wildman–Crippen MR) is 286 cm³/mol. The van der Waals surface area contributed by atoms with Gasteiger partial charge >= 0.3 is 5.92 Å². The van der Waals surface area contributed by atoms with Crippen molar-refractivity contribution in [2.45, 2.75) is 115 Å². The molecular formula is C54H70F3N11O9S. The van der Waals surface area contributed by atoms with Gasteiger partial charge in [0.2, 0.25) is 23.7 Å². The van der Waals surface area contributed by atoms with Crippen molar-refractivity contribution in [3.63, 3.8) is 0 Å². The Morgan fingerprint density at radius 3 is 2.38 bits per heavy atom. The number of aliphatic hydroxyl groups excluding tert-OH is 1. The van der Waals surface area contributed by atoms with Crippen LogP contribution in [0.2, 0.25) is 0 Å². The summed E-state index contributed by atoms with van der Waals surface area (Å²) in [5, 5.41) is 22.1. The Bertz CT molecular complexity index is 2790. The second kappa shape index (κ2) is 25.1. The zero-order chi connectivity index (χ0) is 55.9. The zero-order valence-corrected chi connectivity index (χ0v) is 45.7. The van der Waals surface area contributed by atoms with Gasteiger partial charge in [0.1, 0.15) is 35.9 Å². The maximum Gasteiger partial charge on any atom is 0.342 e. The highest BCUT2D eigenvalue weighted by Crippen LogP contribution is 2.40. The largest absolute Gasteiger partial charge is 0.495 e. The molecule has 3 atom stereocenters. The van der Waals surface area contributed by atoms with Gasteiger partial charge in [-0.15, -0.1) is 11.3 Å². The third kappa shape index (κ3) is 13.9. The number of nitrogens with one attached hydrogen (secondary N) is 4. The van der Waals surface area contributed by atoms with Gasteiger partial charge in [-0.2, -0.15) is 13.8 Å². The van der Waals surface area contributed by atoms with Crippen LogP contribution in [0.4, 0.5) is 36.3 Å². The van der Waals surface area contributed by atoms with Crippen LogP contribution in [-0.4, -0.2) is 169 Å². The molecule has 1 saturated carbocycles. The van der Waals surface area contributed by atoms with E-state index in [9.17, 15) is 29.1 Å². The van der Waals surface area contributed by atoms with E-state index in [1.54, 1.807) is 16.8 Å². The van der Waals surface area contributed by atoms with E-state index >= 15 is 13.2 Å². The molecule has 20 nitrogen and oxygen atoms in total. The molecule has 8 rings (SSSR count). The normalized spacial score (nSPS) is 19.6. The maximum absolute atomic E-state index is 15.7. The van der Waals surface area contributed by atoms with Crippen LogP contribution in [0.5, 0.6) is 5.75 Å². The zero-order valence-electron chi connectivity index (χ0n) is 44.9. The minimum Gasteiger partial charge on any atom is -0.495 e. The van der Waals surface area contributed by atoms with E-state index < -0.39 is 71.4 Å². The van der Waals surface area contributed by atoms with Gasteiger partial charge in [-0.25, -0.2) is 14.4 Å². The van der Waals surface area contributed by atoms with Crippen molar-refractivity contribution >= 4 is 64.0 Å². The van der Waals surface area contributed by atoms with Crippen molar-refractivity contribution in [3.8, 4) is 16.2 Å². The Morgan fingerprint density at radius 1 is 0.987 bits per heavy atom. The molecule has 24 heteroatoms. The summed E-state index contributed by atoms with van der Waals surface area (Å²) in [4.78, 5) is 86.7. The lowest BCUT2D eigenvalue weighted by atomic mass is 9.85. The minimum absolute atomic E-state index is 0.0399. The van der Waals surface area contributed by atoms with E-state index in [1.165, 1.54) is 36.2 Å². The molecule has 2 unspecified atom stereocenters. The fourth-order valence-corrected chi connectivity index (χ4v) is 11.2. The summed E-state index contributed by atoms with van der Waals surface area (Å²) in [6.45, 7) is 9.04. The van der Waals surface area contributed by atoms with Gasteiger partial charge in [0.25, 0.3) is 11.8 Å². The summed E-state index contributed by atoms with van der Waals surface area (Å²) in [5.74, 6) is -7.60. The van der Waals surface area contributed by atoms with E-state index in [4.69, 9.17) is 14.2 Å².